The highest BCUT2D eigenvalue weighted by molar-refractivity contribution is 5.52. The van der Waals surface area contributed by atoms with Gasteiger partial charge in [0.1, 0.15) is 6.07 Å². The topological polar surface area (TPSA) is 42.2 Å². The largest absolute Gasteiger partial charge is 0.490 e. The zero-order chi connectivity index (χ0) is 11.3. The Balaban J connectivity index is 3.10. The minimum atomic E-state index is 0.0266. The van der Waals surface area contributed by atoms with E-state index in [-0.39, 0.29) is 6.10 Å². The third-order valence-corrected chi connectivity index (χ3v) is 1.75. The average molecular weight is 205 g/mol. The van der Waals surface area contributed by atoms with E-state index in [2.05, 4.69) is 6.07 Å². The summed E-state index contributed by atoms with van der Waals surface area (Å²) in [5.74, 6) is 1.17. The Hall–Kier alpha value is -1.69. The van der Waals surface area contributed by atoms with Crippen molar-refractivity contribution in [3.8, 4) is 17.6 Å². The Morgan fingerprint density at radius 1 is 1.40 bits per heavy atom. The third kappa shape index (κ3) is 2.88. The second kappa shape index (κ2) is 5.26. The molecule has 0 unspecified atom stereocenters. The van der Waals surface area contributed by atoms with Gasteiger partial charge in [0, 0.05) is 0 Å². The molecule has 0 aliphatic heterocycles. The van der Waals surface area contributed by atoms with E-state index in [9.17, 15) is 0 Å². The smallest absolute Gasteiger partial charge is 0.179 e. The lowest BCUT2D eigenvalue weighted by molar-refractivity contribution is 0.223. The lowest BCUT2D eigenvalue weighted by Gasteiger charge is -2.15. The Kier molecular flexibility index (Phi) is 3.99. The fraction of sp³-hybridized carbons (Fsp3) is 0.417. The number of benzene rings is 1. The van der Waals surface area contributed by atoms with Crippen LogP contribution in [0.1, 0.15) is 26.3 Å². The van der Waals surface area contributed by atoms with Crippen LogP contribution in [0, 0.1) is 11.3 Å². The molecule has 0 bridgehead atoms. The van der Waals surface area contributed by atoms with Gasteiger partial charge in [0.05, 0.1) is 18.3 Å². The van der Waals surface area contributed by atoms with Crippen LogP contribution in [0.5, 0.6) is 11.5 Å². The molecular weight excluding hydrogens is 190 g/mol. The van der Waals surface area contributed by atoms with Gasteiger partial charge in [-0.25, -0.2) is 0 Å². The van der Waals surface area contributed by atoms with Crippen LogP contribution in [0.25, 0.3) is 0 Å². The van der Waals surface area contributed by atoms with Crippen molar-refractivity contribution in [3.05, 3.63) is 23.8 Å². The van der Waals surface area contributed by atoms with E-state index >= 15 is 0 Å². The summed E-state index contributed by atoms with van der Waals surface area (Å²) in [7, 11) is 0. The highest BCUT2D eigenvalue weighted by Gasteiger charge is 2.11. The highest BCUT2D eigenvalue weighted by Crippen LogP contribution is 2.31. The van der Waals surface area contributed by atoms with Crippen LogP contribution in [-0.4, -0.2) is 12.7 Å². The first-order valence-electron chi connectivity index (χ1n) is 5.01. The monoisotopic (exact) mass is 205 g/mol. The molecule has 1 aromatic rings. The Morgan fingerprint density at radius 3 is 2.67 bits per heavy atom. The molecule has 3 heteroatoms. The normalized spacial score (nSPS) is 9.80. The molecule has 0 fully saturated rings. The molecule has 1 rings (SSSR count). The molecule has 0 saturated carbocycles. The van der Waals surface area contributed by atoms with E-state index in [0.717, 1.165) is 0 Å². The van der Waals surface area contributed by atoms with Crippen LogP contribution in [0.15, 0.2) is 18.2 Å². The molecule has 1 aromatic carbocycles. The second-order valence-electron chi connectivity index (χ2n) is 3.34. The summed E-state index contributed by atoms with van der Waals surface area (Å²) in [6, 6.07) is 7.41. The average Bonchev–Trinajstić information content (AvgIpc) is 2.20. The Labute approximate surface area is 90.2 Å². The first kappa shape index (κ1) is 11.4. The van der Waals surface area contributed by atoms with Crippen molar-refractivity contribution in [1.82, 2.24) is 0 Å². The molecule has 0 aliphatic carbocycles. The molecule has 80 valence electrons. The van der Waals surface area contributed by atoms with E-state index in [0.29, 0.717) is 23.7 Å². The summed E-state index contributed by atoms with van der Waals surface area (Å²) in [6.07, 6.45) is 0.0266. The van der Waals surface area contributed by atoms with Gasteiger partial charge in [-0.1, -0.05) is 6.07 Å². The first-order valence-corrected chi connectivity index (χ1v) is 5.01. The fourth-order valence-electron chi connectivity index (χ4n) is 1.23. The zero-order valence-corrected chi connectivity index (χ0v) is 9.28. The van der Waals surface area contributed by atoms with Gasteiger partial charge in [-0.05, 0) is 32.9 Å². The van der Waals surface area contributed by atoms with Crippen LogP contribution in [-0.2, 0) is 0 Å². The van der Waals surface area contributed by atoms with Crippen LogP contribution in [0.4, 0.5) is 0 Å². The highest BCUT2D eigenvalue weighted by atomic mass is 16.5. The van der Waals surface area contributed by atoms with Crippen LogP contribution < -0.4 is 9.47 Å². The number of ether oxygens (including phenoxy) is 2. The van der Waals surface area contributed by atoms with Gasteiger partial charge in [0.25, 0.3) is 0 Å². The number of rotatable bonds is 4. The van der Waals surface area contributed by atoms with Gasteiger partial charge < -0.3 is 9.47 Å². The summed E-state index contributed by atoms with van der Waals surface area (Å²) < 4.78 is 11.0. The van der Waals surface area contributed by atoms with Gasteiger partial charge in [-0.15, -0.1) is 0 Å². The van der Waals surface area contributed by atoms with Gasteiger partial charge in [0.15, 0.2) is 11.5 Å². The summed E-state index contributed by atoms with van der Waals surface area (Å²) in [6.45, 7) is 6.30. The number of hydrogen-bond acceptors (Lipinski definition) is 3. The Morgan fingerprint density at radius 2 is 2.13 bits per heavy atom. The predicted molar refractivity (Wildman–Crippen MR) is 58.1 cm³/mol. The predicted octanol–water partition coefficient (Wildman–Crippen LogP) is 2.74. The molecule has 0 saturated heterocycles. The SMILES string of the molecule is CCOc1cccc(C#N)c1OC(C)C. The molecule has 15 heavy (non-hydrogen) atoms. The van der Waals surface area contributed by atoms with E-state index in [1.54, 1.807) is 12.1 Å². The fourth-order valence-corrected chi connectivity index (χ4v) is 1.23. The van der Waals surface area contributed by atoms with E-state index in [1.807, 2.05) is 26.8 Å². The minimum absolute atomic E-state index is 0.0266. The summed E-state index contributed by atoms with van der Waals surface area (Å²) >= 11 is 0. The molecule has 0 heterocycles. The van der Waals surface area contributed by atoms with Crippen LogP contribution in [0.2, 0.25) is 0 Å². The molecule has 0 N–H and O–H groups in total. The molecule has 0 atom stereocenters. The molecule has 0 spiro atoms. The molecular formula is C12H15NO2. The van der Waals surface area contributed by atoms with E-state index in [4.69, 9.17) is 14.7 Å². The number of hydrogen-bond donors (Lipinski definition) is 0. The van der Waals surface area contributed by atoms with Crippen molar-refractivity contribution in [2.75, 3.05) is 6.61 Å². The number of nitriles is 1. The summed E-state index contributed by atoms with van der Waals surface area (Å²) in [5.41, 5.74) is 0.509. The van der Waals surface area contributed by atoms with Gasteiger partial charge in [-0.3, -0.25) is 0 Å². The maximum atomic E-state index is 8.94. The molecule has 3 nitrogen and oxygen atoms in total. The molecule has 0 aromatic heterocycles. The lowest BCUT2D eigenvalue weighted by atomic mass is 10.2. The van der Waals surface area contributed by atoms with Crippen molar-refractivity contribution >= 4 is 0 Å². The quantitative estimate of drug-likeness (QED) is 0.759. The van der Waals surface area contributed by atoms with Crippen molar-refractivity contribution in [3.63, 3.8) is 0 Å². The van der Waals surface area contributed by atoms with Crippen molar-refractivity contribution < 1.29 is 9.47 Å². The van der Waals surface area contributed by atoms with Crippen LogP contribution in [0.3, 0.4) is 0 Å². The molecule has 0 amide bonds. The van der Waals surface area contributed by atoms with Gasteiger partial charge >= 0.3 is 0 Å². The van der Waals surface area contributed by atoms with Gasteiger partial charge in [0.2, 0.25) is 0 Å². The van der Waals surface area contributed by atoms with E-state index in [1.165, 1.54) is 0 Å². The first-order chi connectivity index (χ1) is 7.19. The minimum Gasteiger partial charge on any atom is -0.490 e. The zero-order valence-electron chi connectivity index (χ0n) is 9.28. The Bertz CT molecular complexity index is 366. The van der Waals surface area contributed by atoms with Crippen molar-refractivity contribution in [2.45, 2.75) is 26.9 Å². The summed E-state index contributed by atoms with van der Waals surface area (Å²) in [4.78, 5) is 0. The number of nitrogens with zero attached hydrogens (tertiary/aromatic N) is 1. The lowest BCUT2D eigenvalue weighted by Crippen LogP contribution is -2.08. The van der Waals surface area contributed by atoms with Gasteiger partial charge in [-0.2, -0.15) is 5.26 Å². The van der Waals surface area contributed by atoms with Crippen LogP contribution >= 0.6 is 0 Å². The molecule has 0 radical (unpaired) electrons. The molecule has 0 aliphatic rings. The standard InChI is InChI=1S/C12H15NO2/c1-4-14-11-7-5-6-10(8-13)12(11)15-9(2)3/h5-7,9H,4H2,1-3H3. The van der Waals surface area contributed by atoms with Crippen molar-refractivity contribution in [2.24, 2.45) is 0 Å². The maximum Gasteiger partial charge on any atom is 0.179 e. The van der Waals surface area contributed by atoms with Crippen molar-refractivity contribution in [1.29, 1.82) is 5.26 Å². The van der Waals surface area contributed by atoms with E-state index < -0.39 is 0 Å². The third-order valence-electron chi connectivity index (χ3n) is 1.75. The summed E-state index contributed by atoms with van der Waals surface area (Å²) in [5, 5.41) is 8.94. The second-order valence-corrected chi connectivity index (χ2v) is 3.34. The number of para-hydroxylation sites is 1. The maximum absolute atomic E-state index is 8.94.